The maximum absolute atomic E-state index is 5.94. The van der Waals surface area contributed by atoms with E-state index in [1.54, 1.807) is 0 Å². The Morgan fingerprint density at radius 3 is 2.25 bits per heavy atom. The second-order valence-corrected chi connectivity index (χ2v) is 6.53. The summed E-state index contributed by atoms with van der Waals surface area (Å²) in [6, 6.07) is 0. The molecule has 2 fully saturated rings. The van der Waals surface area contributed by atoms with Crippen LogP contribution in [0.15, 0.2) is 0 Å². The van der Waals surface area contributed by atoms with E-state index in [4.69, 9.17) is 10.7 Å². The lowest BCUT2D eigenvalue weighted by Crippen LogP contribution is -2.18. The van der Waals surface area contributed by atoms with Crippen molar-refractivity contribution in [2.24, 2.45) is 5.92 Å². The van der Waals surface area contributed by atoms with Gasteiger partial charge in [-0.1, -0.05) is 39.0 Å². The highest BCUT2D eigenvalue weighted by Crippen LogP contribution is 2.37. The zero-order chi connectivity index (χ0) is 13.9. The average Bonchev–Trinajstić information content (AvgIpc) is 3.01. The summed E-state index contributed by atoms with van der Waals surface area (Å²) in [5.74, 6) is 4.21. The fourth-order valence-corrected chi connectivity index (χ4v) is 3.87. The molecule has 20 heavy (non-hydrogen) atoms. The van der Waals surface area contributed by atoms with Gasteiger partial charge in [-0.15, -0.1) is 0 Å². The molecule has 0 bridgehead atoms. The van der Waals surface area contributed by atoms with Crippen LogP contribution in [0.4, 0.5) is 5.95 Å². The Labute approximate surface area is 121 Å². The summed E-state index contributed by atoms with van der Waals surface area (Å²) < 4.78 is 0. The Morgan fingerprint density at radius 2 is 1.55 bits per heavy atom. The summed E-state index contributed by atoms with van der Waals surface area (Å²) in [6.07, 6.45) is 11.4. The van der Waals surface area contributed by atoms with Crippen molar-refractivity contribution < 1.29 is 0 Å². The zero-order valence-corrected chi connectivity index (χ0v) is 12.5. The van der Waals surface area contributed by atoms with Gasteiger partial charge in [0.1, 0.15) is 11.6 Å². The first-order chi connectivity index (χ1) is 9.76. The molecule has 4 nitrogen and oxygen atoms in total. The number of anilines is 1. The first kappa shape index (κ1) is 13.8. The van der Waals surface area contributed by atoms with E-state index in [0.29, 0.717) is 17.8 Å². The molecule has 2 aliphatic carbocycles. The van der Waals surface area contributed by atoms with Gasteiger partial charge in [0.15, 0.2) is 0 Å². The van der Waals surface area contributed by atoms with Crippen molar-refractivity contribution >= 4 is 5.95 Å². The van der Waals surface area contributed by atoms with Gasteiger partial charge in [-0.25, -0.2) is 4.98 Å². The minimum Gasteiger partial charge on any atom is -0.368 e. The Kier molecular flexibility index (Phi) is 4.18. The maximum atomic E-state index is 5.94. The van der Waals surface area contributed by atoms with Gasteiger partial charge in [0.25, 0.3) is 0 Å². The van der Waals surface area contributed by atoms with E-state index in [9.17, 15) is 0 Å². The smallest absolute Gasteiger partial charge is 0.223 e. The van der Waals surface area contributed by atoms with Crippen molar-refractivity contribution in [2.45, 2.75) is 76.5 Å². The van der Waals surface area contributed by atoms with Crippen LogP contribution >= 0.6 is 0 Å². The third-order valence-corrected chi connectivity index (χ3v) is 5.13. The van der Waals surface area contributed by atoms with Crippen molar-refractivity contribution in [3.63, 3.8) is 0 Å². The molecule has 2 aliphatic rings. The summed E-state index contributed by atoms with van der Waals surface area (Å²) in [4.78, 5) is 13.7. The highest BCUT2D eigenvalue weighted by molar-refractivity contribution is 5.19. The van der Waals surface area contributed by atoms with E-state index in [2.05, 4.69) is 16.9 Å². The van der Waals surface area contributed by atoms with Crippen molar-refractivity contribution in [1.82, 2.24) is 15.0 Å². The fourth-order valence-electron chi connectivity index (χ4n) is 3.87. The van der Waals surface area contributed by atoms with Crippen molar-refractivity contribution in [1.29, 1.82) is 0 Å². The van der Waals surface area contributed by atoms with Crippen LogP contribution in [0.3, 0.4) is 0 Å². The molecule has 0 saturated heterocycles. The Morgan fingerprint density at radius 1 is 0.900 bits per heavy atom. The Balaban J connectivity index is 1.81. The number of rotatable bonds is 3. The van der Waals surface area contributed by atoms with Gasteiger partial charge >= 0.3 is 0 Å². The Hall–Kier alpha value is -1.19. The first-order valence-electron chi connectivity index (χ1n) is 8.27. The minimum absolute atomic E-state index is 0.426. The van der Waals surface area contributed by atoms with Crippen molar-refractivity contribution in [3.05, 3.63) is 11.6 Å². The van der Waals surface area contributed by atoms with Crippen molar-refractivity contribution in [3.8, 4) is 0 Å². The second kappa shape index (κ2) is 6.06. The lowest BCUT2D eigenvalue weighted by molar-refractivity contribution is 0.306. The third kappa shape index (κ3) is 2.94. The molecule has 3 rings (SSSR count). The molecular weight excluding hydrogens is 248 g/mol. The lowest BCUT2D eigenvalue weighted by Gasteiger charge is -2.27. The van der Waals surface area contributed by atoms with E-state index < -0.39 is 0 Å². The van der Waals surface area contributed by atoms with Gasteiger partial charge < -0.3 is 5.73 Å². The van der Waals surface area contributed by atoms with Crippen LogP contribution in [0.2, 0.25) is 0 Å². The zero-order valence-electron chi connectivity index (χ0n) is 12.5. The highest BCUT2D eigenvalue weighted by atomic mass is 15.1. The van der Waals surface area contributed by atoms with E-state index in [1.165, 1.54) is 57.8 Å². The summed E-state index contributed by atoms with van der Waals surface area (Å²) >= 11 is 0. The van der Waals surface area contributed by atoms with Crippen LogP contribution in [0.25, 0.3) is 0 Å². The summed E-state index contributed by atoms with van der Waals surface area (Å²) in [6.45, 7) is 2.29. The normalized spacial score (nSPS) is 27.9. The molecule has 0 amide bonds. The molecule has 110 valence electrons. The summed E-state index contributed by atoms with van der Waals surface area (Å²) in [7, 11) is 0. The van der Waals surface area contributed by atoms with E-state index in [-0.39, 0.29) is 0 Å². The standard InChI is InChI=1S/C16H26N4/c1-2-11-6-5-9-13(10-11)15-18-14(19-16(17)20-15)12-7-3-4-8-12/h11-13H,2-10H2,1H3,(H2,17,18,19,20). The molecular formula is C16H26N4. The monoisotopic (exact) mass is 274 g/mol. The van der Waals surface area contributed by atoms with Crippen LogP contribution in [-0.2, 0) is 0 Å². The van der Waals surface area contributed by atoms with Gasteiger partial charge in [-0.3, -0.25) is 0 Å². The van der Waals surface area contributed by atoms with Gasteiger partial charge in [0.2, 0.25) is 5.95 Å². The third-order valence-electron chi connectivity index (χ3n) is 5.13. The predicted molar refractivity (Wildman–Crippen MR) is 80.4 cm³/mol. The first-order valence-corrected chi connectivity index (χ1v) is 8.27. The van der Waals surface area contributed by atoms with Crippen LogP contribution in [-0.4, -0.2) is 15.0 Å². The van der Waals surface area contributed by atoms with Crippen LogP contribution in [0.5, 0.6) is 0 Å². The van der Waals surface area contributed by atoms with Gasteiger partial charge in [-0.05, 0) is 31.6 Å². The van der Waals surface area contributed by atoms with E-state index >= 15 is 0 Å². The van der Waals surface area contributed by atoms with Crippen molar-refractivity contribution in [2.75, 3.05) is 5.73 Å². The molecule has 0 aromatic carbocycles. The average molecular weight is 274 g/mol. The second-order valence-electron chi connectivity index (χ2n) is 6.53. The molecule has 1 heterocycles. The van der Waals surface area contributed by atoms with Gasteiger partial charge in [0.05, 0.1) is 0 Å². The van der Waals surface area contributed by atoms with E-state index in [1.807, 2.05) is 0 Å². The van der Waals surface area contributed by atoms with Crippen LogP contribution in [0.1, 0.15) is 88.2 Å². The molecule has 1 aromatic rings. The summed E-state index contributed by atoms with van der Waals surface area (Å²) in [5, 5.41) is 0. The molecule has 2 unspecified atom stereocenters. The summed E-state index contributed by atoms with van der Waals surface area (Å²) in [5.41, 5.74) is 5.94. The maximum Gasteiger partial charge on any atom is 0.223 e. The Bertz CT molecular complexity index is 454. The van der Waals surface area contributed by atoms with Gasteiger partial charge in [0, 0.05) is 11.8 Å². The SMILES string of the molecule is CCC1CCCC(c2nc(N)nc(C3CCCC3)n2)C1. The topological polar surface area (TPSA) is 64.7 Å². The molecule has 2 atom stereocenters. The number of nitrogen functional groups attached to an aromatic ring is 1. The predicted octanol–water partition coefficient (Wildman–Crippen LogP) is 3.80. The number of hydrogen-bond donors (Lipinski definition) is 1. The molecule has 1 aromatic heterocycles. The molecule has 2 saturated carbocycles. The van der Waals surface area contributed by atoms with E-state index in [0.717, 1.165) is 17.6 Å². The molecule has 0 radical (unpaired) electrons. The van der Waals surface area contributed by atoms with Gasteiger partial charge in [-0.2, -0.15) is 9.97 Å². The molecule has 4 heteroatoms. The number of hydrogen-bond acceptors (Lipinski definition) is 4. The number of nitrogens with two attached hydrogens (primary N) is 1. The van der Waals surface area contributed by atoms with Crippen LogP contribution in [0, 0.1) is 5.92 Å². The molecule has 2 N–H and O–H groups in total. The largest absolute Gasteiger partial charge is 0.368 e. The molecule has 0 aliphatic heterocycles. The number of aromatic nitrogens is 3. The quantitative estimate of drug-likeness (QED) is 0.910. The molecule has 0 spiro atoms. The fraction of sp³-hybridized carbons (Fsp3) is 0.812. The van der Waals surface area contributed by atoms with Crippen LogP contribution < -0.4 is 5.73 Å². The minimum atomic E-state index is 0.426. The number of nitrogens with zero attached hydrogens (tertiary/aromatic N) is 3. The highest BCUT2D eigenvalue weighted by Gasteiger charge is 2.27. The lowest BCUT2D eigenvalue weighted by atomic mass is 9.80.